The number of benzene rings is 2. The normalized spacial score (nSPS) is 14.2. The lowest BCUT2D eigenvalue weighted by molar-refractivity contribution is -0.115. The van der Waals surface area contributed by atoms with Gasteiger partial charge in [-0.2, -0.15) is 0 Å². The zero-order chi connectivity index (χ0) is 22.4. The molecule has 2 amide bonds. The Bertz CT molecular complexity index is 886. The van der Waals surface area contributed by atoms with Crippen LogP contribution in [0.25, 0.3) is 0 Å². The van der Waals surface area contributed by atoms with E-state index in [1.165, 1.54) is 5.56 Å². The van der Waals surface area contributed by atoms with Crippen LogP contribution in [-0.2, 0) is 11.2 Å². The lowest BCUT2D eigenvalue weighted by atomic mass is 9.97. The molecule has 32 heavy (non-hydrogen) atoms. The largest absolute Gasteiger partial charge is 0.339 e. The average molecular weight is 458 g/mol. The Morgan fingerprint density at radius 2 is 1.66 bits per heavy atom. The molecule has 6 heteroatoms. The number of piperidine rings is 1. The Kier molecular flexibility index (Phi) is 9.73. The van der Waals surface area contributed by atoms with Gasteiger partial charge in [0.1, 0.15) is 0 Å². The van der Waals surface area contributed by atoms with Gasteiger partial charge in [-0.3, -0.25) is 9.59 Å². The predicted octanol–water partition coefficient (Wildman–Crippen LogP) is 4.85. The molecule has 0 unspecified atom stereocenters. The number of likely N-dealkylation sites (N-methyl/N-ethyl adjacent to an activating group) is 1. The summed E-state index contributed by atoms with van der Waals surface area (Å²) in [6.07, 6.45) is 3.49. The number of rotatable bonds is 7. The molecule has 0 radical (unpaired) electrons. The van der Waals surface area contributed by atoms with Gasteiger partial charge in [0.2, 0.25) is 5.91 Å². The van der Waals surface area contributed by atoms with E-state index in [1.807, 2.05) is 37.8 Å². The molecule has 1 fully saturated rings. The standard InChI is InChI=1S/C26H35N3O2.ClH/c1-5-24(30)27-22-17-19(2)25(20(3)18-22)26(31)29-15-12-23(13-16-29)28(4)14-11-21-9-7-6-8-10-21;/h6-10,17-18,23H,5,11-16H2,1-4H3,(H,27,30);1H. The Morgan fingerprint density at radius 3 is 2.22 bits per heavy atom. The third-order valence-electron chi connectivity index (χ3n) is 6.32. The average Bonchev–Trinajstić information content (AvgIpc) is 2.77. The second kappa shape index (κ2) is 12.0. The number of halogens is 1. The monoisotopic (exact) mass is 457 g/mol. The van der Waals surface area contributed by atoms with Crippen LogP contribution in [0.4, 0.5) is 5.69 Å². The molecule has 1 saturated heterocycles. The number of carbonyl (C=O) groups is 2. The highest BCUT2D eigenvalue weighted by atomic mass is 35.5. The Hall–Kier alpha value is -2.37. The van der Waals surface area contributed by atoms with E-state index in [9.17, 15) is 9.59 Å². The van der Waals surface area contributed by atoms with Gasteiger partial charge in [0, 0.05) is 43.3 Å². The molecule has 0 aliphatic carbocycles. The SMILES string of the molecule is CCC(=O)Nc1cc(C)c(C(=O)N2CCC(N(C)CCc3ccccc3)CC2)c(C)c1.Cl. The summed E-state index contributed by atoms with van der Waals surface area (Å²) in [7, 11) is 2.20. The van der Waals surface area contributed by atoms with Crippen LogP contribution >= 0.6 is 12.4 Å². The number of nitrogens with zero attached hydrogens (tertiary/aromatic N) is 2. The second-order valence-corrected chi connectivity index (χ2v) is 8.63. The molecule has 1 aliphatic heterocycles. The molecule has 174 valence electrons. The molecule has 2 aromatic carbocycles. The number of hydrogen-bond acceptors (Lipinski definition) is 3. The summed E-state index contributed by atoms with van der Waals surface area (Å²) in [5.74, 6) is 0.0880. The van der Waals surface area contributed by atoms with Crippen LogP contribution in [-0.4, -0.2) is 54.3 Å². The molecular formula is C26H36ClN3O2. The molecule has 1 heterocycles. The summed E-state index contributed by atoms with van der Waals surface area (Å²) in [6.45, 7) is 8.33. The van der Waals surface area contributed by atoms with Crippen LogP contribution in [0.3, 0.4) is 0 Å². The molecule has 0 atom stereocenters. The molecule has 0 saturated carbocycles. The maximum Gasteiger partial charge on any atom is 0.254 e. The highest BCUT2D eigenvalue weighted by Gasteiger charge is 2.27. The van der Waals surface area contributed by atoms with Gasteiger partial charge in [-0.25, -0.2) is 0 Å². The number of amides is 2. The molecule has 0 spiro atoms. The summed E-state index contributed by atoms with van der Waals surface area (Å²) in [5, 5.41) is 2.89. The third-order valence-corrected chi connectivity index (χ3v) is 6.32. The first kappa shape index (κ1) is 25.9. The number of hydrogen-bond donors (Lipinski definition) is 1. The molecule has 3 rings (SSSR count). The Morgan fingerprint density at radius 1 is 1.06 bits per heavy atom. The molecule has 0 aromatic heterocycles. The molecule has 1 N–H and O–H groups in total. The Labute approximate surface area is 198 Å². The maximum absolute atomic E-state index is 13.2. The van der Waals surface area contributed by atoms with Crippen molar-refractivity contribution < 1.29 is 9.59 Å². The highest BCUT2D eigenvalue weighted by molar-refractivity contribution is 5.98. The quantitative estimate of drug-likeness (QED) is 0.646. The zero-order valence-corrected chi connectivity index (χ0v) is 20.5. The fraction of sp³-hybridized carbons (Fsp3) is 0.462. The van der Waals surface area contributed by atoms with Crippen LogP contribution in [0, 0.1) is 13.8 Å². The lowest BCUT2D eigenvalue weighted by Gasteiger charge is -2.37. The zero-order valence-electron chi connectivity index (χ0n) is 19.7. The van der Waals surface area contributed by atoms with Crippen molar-refractivity contribution in [1.82, 2.24) is 9.80 Å². The molecule has 2 aromatic rings. The van der Waals surface area contributed by atoms with Crippen molar-refractivity contribution >= 4 is 29.9 Å². The van der Waals surface area contributed by atoms with E-state index in [0.717, 1.165) is 61.3 Å². The lowest BCUT2D eigenvalue weighted by Crippen LogP contribution is -2.46. The summed E-state index contributed by atoms with van der Waals surface area (Å²) < 4.78 is 0. The fourth-order valence-electron chi connectivity index (χ4n) is 4.42. The smallest absolute Gasteiger partial charge is 0.254 e. The number of carbonyl (C=O) groups excluding carboxylic acids is 2. The number of likely N-dealkylation sites (tertiary alicyclic amines) is 1. The van der Waals surface area contributed by atoms with E-state index in [1.54, 1.807) is 0 Å². The predicted molar refractivity (Wildman–Crippen MR) is 134 cm³/mol. The summed E-state index contributed by atoms with van der Waals surface area (Å²) >= 11 is 0. The van der Waals surface area contributed by atoms with Gasteiger partial charge < -0.3 is 15.1 Å². The first-order valence-corrected chi connectivity index (χ1v) is 11.3. The van der Waals surface area contributed by atoms with Gasteiger partial charge in [-0.05, 0) is 69.0 Å². The van der Waals surface area contributed by atoms with Crippen LogP contribution in [0.1, 0.15) is 53.2 Å². The van der Waals surface area contributed by atoms with Gasteiger partial charge in [0.25, 0.3) is 5.91 Å². The minimum atomic E-state index is -0.0173. The minimum Gasteiger partial charge on any atom is -0.339 e. The van der Waals surface area contributed by atoms with Crippen molar-refractivity contribution in [2.75, 3.05) is 32.0 Å². The van der Waals surface area contributed by atoms with Gasteiger partial charge in [0.05, 0.1) is 0 Å². The van der Waals surface area contributed by atoms with Crippen molar-refractivity contribution in [2.24, 2.45) is 0 Å². The van der Waals surface area contributed by atoms with Crippen molar-refractivity contribution in [1.29, 1.82) is 0 Å². The van der Waals surface area contributed by atoms with E-state index in [2.05, 4.69) is 47.6 Å². The van der Waals surface area contributed by atoms with Crippen molar-refractivity contribution in [3.8, 4) is 0 Å². The van der Waals surface area contributed by atoms with E-state index in [0.29, 0.717) is 12.5 Å². The van der Waals surface area contributed by atoms with Gasteiger partial charge in [-0.15, -0.1) is 12.4 Å². The van der Waals surface area contributed by atoms with E-state index in [-0.39, 0.29) is 24.2 Å². The number of aryl methyl sites for hydroxylation is 2. The first-order valence-electron chi connectivity index (χ1n) is 11.3. The van der Waals surface area contributed by atoms with Crippen molar-refractivity contribution in [2.45, 2.75) is 52.5 Å². The topological polar surface area (TPSA) is 52.7 Å². The number of nitrogens with one attached hydrogen (secondary N) is 1. The summed E-state index contributed by atoms with van der Waals surface area (Å²) in [6, 6.07) is 14.9. The highest BCUT2D eigenvalue weighted by Crippen LogP contribution is 2.24. The summed E-state index contributed by atoms with van der Waals surface area (Å²) in [5.41, 5.74) is 4.73. The van der Waals surface area contributed by atoms with E-state index >= 15 is 0 Å². The minimum absolute atomic E-state index is 0. The first-order chi connectivity index (χ1) is 14.9. The molecule has 0 bridgehead atoms. The van der Waals surface area contributed by atoms with Crippen LogP contribution in [0.5, 0.6) is 0 Å². The summed E-state index contributed by atoms with van der Waals surface area (Å²) in [4.78, 5) is 29.4. The maximum atomic E-state index is 13.2. The fourth-order valence-corrected chi connectivity index (χ4v) is 4.42. The van der Waals surface area contributed by atoms with Gasteiger partial charge >= 0.3 is 0 Å². The third kappa shape index (κ3) is 6.57. The van der Waals surface area contributed by atoms with Crippen molar-refractivity contribution in [3.05, 3.63) is 64.7 Å². The van der Waals surface area contributed by atoms with Crippen molar-refractivity contribution in [3.63, 3.8) is 0 Å². The molecule has 5 nitrogen and oxygen atoms in total. The van der Waals surface area contributed by atoms with Crippen LogP contribution < -0.4 is 5.32 Å². The molecule has 1 aliphatic rings. The van der Waals surface area contributed by atoms with E-state index < -0.39 is 0 Å². The number of anilines is 1. The van der Waals surface area contributed by atoms with Crippen LogP contribution in [0.2, 0.25) is 0 Å². The Balaban J connectivity index is 0.00000363. The van der Waals surface area contributed by atoms with Gasteiger partial charge in [0.15, 0.2) is 0 Å². The van der Waals surface area contributed by atoms with Crippen LogP contribution in [0.15, 0.2) is 42.5 Å². The molecular weight excluding hydrogens is 422 g/mol. The van der Waals surface area contributed by atoms with Gasteiger partial charge in [-0.1, -0.05) is 37.3 Å². The second-order valence-electron chi connectivity index (χ2n) is 8.63. The van der Waals surface area contributed by atoms with E-state index in [4.69, 9.17) is 0 Å².